The smallest absolute Gasteiger partial charge is 0.411 e. The van der Waals surface area contributed by atoms with Gasteiger partial charge in [-0.25, -0.2) is 4.79 Å². The highest BCUT2D eigenvalue weighted by Crippen LogP contribution is 2.25. The van der Waals surface area contributed by atoms with E-state index in [1.807, 2.05) is 0 Å². The SMILES string of the molecule is O=C(Nc1cc[nH]c1)OCC(Cl)(Cl)Cl. The molecular weight excluding hydrogens is 250 g/mol. The van der Waals surface area contributed by atoms with Crippen LogP contribution < -0.4 is 5.32 Å². The summed E-state index contributed by atoms with van der Waals surface area (Å²) >= 11 is 16.1. The van der Waals surface area contributed by atoms with Crippen LogP contribution >= 0.6 is 34.8 Å². The van der Waals surface area contributed by atoms with Gasteiger partial charge in [0.25, 0.3) is 0 Å². The van der Waals surface area contributed by atoms with Gasteiger partial charge in [-0.3, -0.25) is 5.32 Å². The van der Waals surface area contributed by atoms with Crippen molar-refractivity contribution in [2.75, 3.05) is 11.9 Å². The van der Waals surface area contributed by atoms with Gasteiger partial charge < -0.3 is 9.72 Å². The minimum Gasteiger partial charge on any atom is -0.445 e. The Morgan fingerprint density at radius 3 is 2.79 bits per heavy atom. The first-order valence-electron chi connectivity index (χ1n) is 3.61. The number of hydrogen-bond donors (Lipinski definition) is 2. The van der Waals surface area contributed by atoms with E-state index in [4.69, 9.17) is 34.8 Å². The lowest BCUT2D eigenvalue weighted by Gasteiger charge is -2.11. The second kappa shape index (κ2) is 4.77. The normalized spacial score (nSPS) is 11.1. The maximum Gasteiger partial charge on any atom is 0.411 e. The molecular formula is C7H7Cl3N2O2. The van der Waals surface area contributed by atoms with Gasteiger partial charge in [-0.1, -0.05) is 34.8 Å². The van der Waals surface area contributed by atoms with E-state index in [2.05, 4.69) is 15.0 Å². The summed E-state index contributed by atoms with van der Waals surface area (Å²) < 4.78 is 3.03. The summed E-state index contributed by atoms with van der Waals surface area (Å²) in [6.45, 7) is -0.298. The molecule has 0 atom stereocenters. The number of ether oxygens (including phenoxy) is 1. The number of alkyl halides is 3. The Bertz CT molecular complexity index is 294. The van der Waals surface area contributed by atoms with E-state index in [-0.39, 0.29) is 6.61 Å². The highest BCUT2D eigenvalue weighted by molar-refractivity contribution is 6.67. The van der Waals surface area contributed by atoms with Gasteiger partial charge in [-0.15, -0.1) is 0 Å². The topological polar surface area (TPSA) is 54.1 Å². The van der Waals surface area contributed by atoms with Crippen LogP contribution in [0.25, 0.3) is 0 Å². The molecule has 0 unspecified atom stereocenters. The van der Waals surface area contributed by atoms with Crippen LogP contribution in [-0.2, 0) is 4.74 Å². The molecule has 2 N–H and O–H groups in total. The molecule has 0 aliphatic rings. The lowest BCUT2D eigenvalue weighted by atomic mass is 10.5. The lowest BCUT2D eigenvalue weighted by molar-refractivity contribution is 0.164. The molecule has 1 amide bonds. The maximum atomic E-state index is 11.0. The molecule has 0 bridgehead atoms. The third-order valence-corrected chi connectivity index (χ3v) is 1.54. The van der Waals surface area contributed by atoms with Crippen molar-refractivity contribution in [2.24, 2.45) is 0 Å². The van der Waals surface area contributed by atoms with Crippen molar-refractivity contribution in [1.29, 1.82) is 0 Å². The van der Waals surface area contributed by atoms with Crippen LogP contribution in [0.15, 0.2) is 18.5 Å². The van der Waals surface area contributed by atoms with Crippen LogP contribution in [0.2, 0.25) is 0 Å². The number of anilines is 1. The molecule has 0 saturated heterocycles. The van der Waals surface area contributed by atoms with Gasteiger partial charge in [-0.2, -0.15) is 0 Å². The van der Waals surface area contributed by atoms with Crippen molar-refractivity contribution in [3.63, 3.8) is 0 Å². The third kappa shape index (κ3) is 4.60. The quantitative estimate of drug-likeness (QED) is 0.800. The van der Waals surface area contributed by atoms with E-state index in [1.54, 1.807) is 18.5 Å². The van der Waals surface area contributed by atoms with E-state index in [9.17, 15) is 4.79 Å². The lowest BCUT2D eigenvalue weighted by Crippen LogP contribution is -2.20. The summed E-state index contributed by atoms with van der Waals surface area (Å²) in [6.07, 6.45) is 2.58. The van der Waals surface area contributed by atoms with Crippen molar-refractivity contribution in [1.82, 2.24) is 4.98 Å². The standard InChI is InChI=1S/C7H7Cl3N2O2/c8-7(9,10)4-14-6(13)12-5-1-2-11-3-5/h1-3,11H,4H2,(H,12,13). The number of H-pyrrole nitrogens is 1. The van der Waals surface area contributed by atoms with Gasteiger partial charge >= 0.3 is 6.09 Å². The molecule has 78 valence electrons. The Labute approximate surface area is 95.5 Å². The molecule has 0 aromatic carbocycles. The number of hydrogen-bond acceptors (Lipinski definition) is 2. The largest absolute Gasteiger partial charge is 0.445 e. The monoisotopic (exact) mass is 256 g/mol. The molecule has 0 spiro atoms. The van der Waals surface area contributed by atoms with Gasteiger partial charge in [0.05, 0.1) is 5.69 Å². The third-order valence-electron chi connectivity index (χ3n) is 1.21. The number of aromatic nitrogens is 1. The van der Waals surface area contributed by atoms with Gasteiger partial charge in [-0.05, 0) is 6.07 Å². The average Bonchev–Trinajstić information content (AvgIpc) is 2.52. The van der Waals surface area contributed by atoms with Gasteiger partial charge in [0.1, 0.15) is 6.61 Å². The molecule has 1 aromatic heterocycles. The molecule has 4 nitrogen and oxygen atoms in total. The number of amides is 1. The molecule has 1 heterocycles. The number of halogens is 3. The molecule has 14 heavy (non-hydrogen) atoms. The second-order valence-corrected chi connectivity index (χ2v) is 4.93. The highest BCUT2D eigenvalue weighted by atomic mass is 35.6. The van der Waals surface area contributed by atoms with Gasteiger partial charge in [0.2, 0.25) is 3.79 Å². The average molecular weight is 258 g/mol. The molecule has 0 fully saturated rings. The first-order chi connectivity index (χ1) is 6.47. The number of carbonyl (C=O) groups excluding carboxylic acids is 1. The number of aromatic amines is 1. The van der Waals surface area contributed by atoms with Gasteiger partial charge in [0, 0.05) is 12.4 Å². The zero-order valence-corrected chi connectivity index (χ0v) is 9.16. The Hall–Kier alpha value is -0.580. The zero-order chi connectivity index (χ0) is 10.6. The molecule has 1 aromatic rings. The fourth-order valence-corrected chi connectivity index (χ4v) is 0.867. The van der Waals surface area contributed by atoms with E-state index in [1.165, 1.54) is 0 Å². The predicted octanol–water partition coefficient (Wildman–Crippen LogP) is 2.93. The van der Waals surface area contributed by atoms with Crippen molar-refractivity contribution in [2.45, 2.75) is 3.79 Å². The fraction of sp³-hybridized carbons (Fsp3) is 0.286. The van der Waals surface area contributed by atoms with Crippen LogP contribution in [0.4, 0.5) is 10.5 Å². The Kier molecular flexibility index (Phi) is 3.92. The van der Waals surface area contributed by atoms with Crippen LogP contribution in [0.1, 0.15) is 0 Å². The summed E-state index contributed by atoms with van der Waals surface area (Å²) in [7, 11) is 0. The molecule has 0 saturated carbocycles. The Balaban J connectivity index is 2.30. The van der Waals surface area contributed by atoms with Gasteiger partial charge in [0.15, 0.2) is 0 Å². The summed E-state index contributed by atoms with van der Waals surface area (Å²) in [4.78, 5) is 13.8. The Morgan fingerprint density at radius 2 is 2.29 bits per heavy atom. The first-order valence-corrected chi connectivity index (χ1v) is 4.74. The minimum absolute atomic E-state index is 0.298. The van der Waals surface area contributed by atoms with E-state index >= 15 is 0 Å². The Morgan fingerprint density at radius 1 is 1.57 bits per heavy atom. The van der Waals surface area contributed by atoms with E-state index in [0.717, 1.165) is 0 Å². The summed E-state index contributed by atoms with van der Waals surface area (Å²) in [5, 5.41) is 2.43. The zero-order valence-electron chi connectivity index (χ0n) is 6.89. The molecule has 7 heteroatoms. The molecule has 0 radical (unpaired) electrons. The number of carbonyl (C=O) groups is 1. The molecule has 1 rings (SSSR count). The molecule has 0 aliphatic heterocycles. The number of rotatable bonds is 2. The summed E-state index contributed by atoms with van der Waals surface area (Å²) in [5.41, 5.74) is 0.583. The first kappa shape index (κ1) is 11.5. The summed E-state index contributed by atoms with van der Waals surface area (Å²) in [5.74, 6) is 0. The maximum absolute atomic E-state index is 11.0. The second-order valence-electron chi connectivity index (χ2n) is 2.42. The fourth-order valence-electron chi connectivity index (χ4n) is 0.703. The van der Waals surface area contributed by atoms with Crippen LogP contribution in [0.5, 0.6) is 0 Å². The van der Waals surface area contributed by atoms with Crippen molar-refractivity contribution < 1.29 is 9.53 Å². The highest BCUT2D eigenvalue weighted by Gasteiger charge is 2.22. The van der Waals surface area contributed by atoms with E-state index in [0.29, 0.717) is 5.69 Å². The van der Waals surface area contributed by atoms with Crippen molar-refractivity contribution >= 4 is 46.6 Å². The summed E-state index contributed by atoms with van der Waals surface area (Å²) in [6, 6.07) is 1.66. The van der Waals surface area contributed by atoms with Crippen molar-refractivity contribution in [3.8, 4) is 0 Å². The van der Waals surface area contributed by atoms with Crippen LogP contribution in [-0.4, -0.2) is 21.5 Å². The molecule has 0 aliphatic carbocycles. The minimum atomic E-state index is -1.59. The van der Waals surface area contributed by atoms with Crippen molar-refractivity contribution in [3.05, 3.63) is 18.5 Å². The van der Waals surface area contributed by atoms with E-state index < -0.39 is 9.89 Å². The van der Waals surface area contributed by atoms with Crippen LogP contribution in [0, 0.1) is 0 Å². The van der Waals surface area contributed by atoms with Crippen LogP contribution in [0.3, 0.4) is 0 Å². The predicted molar refractivity (Wildman–Crippen MR) is 56.1 cm³/mol. The number of nitrogens with one attached hydrogen (secondary N) is 2.